The first-order chi connectivity index (χ1) is 8.72. The lowest BCUT2D eigenvalue weighted by atomic mass is 10.2. The van der Waals surface area contributed by atoms with E-state index in [-0.39, 0.29) is 11.7 Å². The lowest BCUT2D eigenvalue weighted by Crippen LogP contribution is -2.35. The summed E-state index contributed by atoms with van der Waals surface area (Å²) in [6, 6.07) is 9.51. The number of carbonyl (C=O) groups is 1. The molecular weight excluding hydrogens is 251 g/mol. The predicted molar refractivity (Wildman–Crippen MR) is 71.4 cm³/mol. The molecule has 0 aliphatic carbocycles. The number of amides is 1. The van der Waals surface area contributed by atoms with Gasteiger partial charge in [0.05, 0.1) is 4.88 Å². The summed E-state index contributed by atoms with van der Waals surface area (Å²) in [6.07, 6.45) is 0. The van der Waals surface area contributed by atoms with E-state index in [1.807, 2.05) is 11.4 Å². The molecular formula is C13H13FN2OS. The summed E-state index contributed by atoms with van der Waals surface area (Å²) < 4.78 is 13.2. The van der Waals surface area contributed by atoms with E-state index in [0.29, 0.717) is 23.7 Å². The molecule has 0 radical (unpaired) electrons. The molecule has 1 amide bonds. The molecule has 0 unspecified atom stereocenters. The predicted octanol–water partition coefficient (Wildman–Crippen LogP) is 2.49. The molecule has 0 fully saturated rings. The lowest BCUT2D eigenvalue weighted by Gasteiger charge is -2.21. The molecule has 0 aliphatic rings. The molecule has 2 rings (SSSR count). The smallest absolute Gasteiger partial charge is 0.268 e. The fourth-order valence-electron chi connectivity index (χ4n) is 1.65. The van der Waals surface area contributed by atoms with E-state index >= 15 is 0 Å². The van der Waals surface area contributed by atoms with Gasteiger partial charge >= 0.3 is 0 Å². The quantitative estimate of drug-likeness (QED) is 0.922. The third-order valence-corrected chi connectivity index (χ3v) is 3.31. The van der Waals surface area contributed by atoms with Gasteiger partial charge in [-0.1, -0.05) is 12.1 Å². The standard InChI is InChI=1S/C13H13FN2OS/c14-10-3-1-4-11(9-10)16(7-6-15)13(17)12-5-2-8-18-12/h1-5,8-9H,6-7,15H2. The Bertz CT molecular complexity index is 528. The molecule has 0 bridgehead atoms. The maximum atomic E-state index is 13.2. The van der Waals surface area contributed by atoms with Crippen molar-refractivity contribution in [2.75, 3.05) is 18.0 Å². The van der Waals surface area contributed by atoms with Crippen molar-refractivity contribution in [3.63, 3.8) is 0 Å². The first-order valence-electron chi connectivity index (χ1n) is 5.53. The molecule has 1 aromatic heterocycles. The largest absolute Gasteiger partial charge is 0.329 e. The van der Waals surface area contributed by atoms with Crippen molar-refractivity contribution in [3.8, 4) is 0 Å². The number of rotatable bonds is 4. The van der Waals surface area contributed by atoms with Crippen molar-refractivity contribution in [2.45, 2.75) is 0 Å². The van der Waals surface area contributed by atoms with E-state index in [9.17, 15) is 9.18 Å². The Labute approximate surface area is 109 Å². The number of anilines is 1. The average molecular weight is 264 g/mol. The summed E-state index contributed by atoms with van der Waals surface area (Å²) in [6.45, 7) is 0.688. The number of benzene rings is 1. The normalized spacial score (nSPS) is 10.3. The zero-order valence-electron chi connectivity index (χ0n) is 9.67. The molecule has 0 saturated heterocycles. The summed E-state index contributed by atoms with van der Waals surface area (Å²) in [4.78, 5) is 14.4. The number of hydrogen-bond acceptors (Lipinski definition) is 3. The number of carbonyl (C=O) groups excluding carboxylic acids is 1. The summed E-state index contributed by atoms with van der Waals surface area (Å²) in [5, 5.41) is 1.83. The molecule has 0 spiro atoms. The van der Waals surface area contributed by atoms with Crippen molar-refractivity contribution in [1.29, 1.82) is 0 Å². The van der Waals surface area contributed by atoms with Gasteiger partial charge in [0.15, 0.2) is 0 Å². The average Bonchev–Trinajstić information content (AvgIpc) is 2.89. The van der Waals surface area contributed by atoms with Crippen LogP contribution in [0.3, 0.4) is 0 Å². The molecule has 2 N–H and O–H groups in total. The van der Waals surface area contributed by atoms with Gasteiger partial charge in [0, 0.05) is 18.8 Å². The van der Waals surface area contributed by atoms with Crippen molar-refractivity contribution < 1.29 is 9.18 Å². The van der Waals surface area contributed by atoms with Crippen LogP contribution in [0.15, 0.2) is 41.8 Å². The molecule has 18 heavy (non-hydrogen) atoms. The van der Waals surface area contributed by atoms with E-state index in [2.05, 4.69) is 0 Å². The summed E-state index contributed by atoms with van der Waals surface area (Å²) in [5.74, 6) is -0.519. The van der Waals surface area contributed by atoms with Gasteiger partial charge in [-0.05, 0) is 29.6 Å². The molecule has 94 valence electrons. The van der Waals surface area contributed by atoms with Crippen LogP contribution in [0.4, 0.5) is 10.1 Å². The second-order valence-corrected chi connectivity index (χ2v) is 4.65. The van der Waals surface area contributed by atoms with Crippen LogP contribution in [-0.4, -0.2) is 19.0 Å². The first kappa shape index (κ1) is 12.7. The van der Waals surface area contributed by atoms with Crippen LogP contribution in [0, 0.1) is 5.82 Å². The zero-order valence-corrected chi connectivity index (χ0v) is 10.5. The minimum Gasteiger partial charge on any atom is -0.329 e. The van der Waals surface area contributed by atoms with E-state index < -0.39 is 0 Å². The summed E-state index contributed by atoms with van der Waals surface area (Å²) >= 11 is 1.36. The monoisotopic (exact) mass is 264 g/mol. The maximum Gasteiger partial charge on any atom is 0.268 e. The van der Waals surface area contributed by atoms with Gasteiger partial charge < -0.3 is 10.6 Å². The van der Waals surface area contributed by atoms with E-state index in [0.717, 1.165) is 0 Å². The second-order valence-electron chi connectivity index (χ2n) is 3.70. The van der Waals surface area contributed by atoms with Crippen LogP contribution in [0.5, 0.6) is 0 Å². The fourth-order valence-corrected chi connectivity index (χ4v) is 2.33. The Morgan fingerprint density at radius 3 is 2.78 bits per heavy atom. The minimum absolute atomic E-state index is 0.152. The minimum atomic E-state index is -0.367. The number of nitrogens with zero attached hydrogens (tertiary/aromatic N) is 1. The highest BCUT2D eigenvalue weighted by Crippen LogP contribution is 2.20. The highest BCUT2D eigenvalue weighted by atomic mass is 32.1. The molecule has 5 heteroatoms. The van der Waals surface area contributed by atoms with Crippen LogP contribution in [0.25, 0.3) is 0 Å². The summed E-state index contributed by atoms with van der Waals surface area (Å²) in [5.41, 5.74) is 6.04. The topological polar surface area (TPSA) is 46.3 Å². The van der Waals surface area contributed by atoms with Crippen LogP contribution in [0.2, 0.25) is 0 Å². The Hall–Kier alpha value is -1.72. The van der Waals surface area contributed by atoms with Crippen molar-refractivity contribution in [3.05, 3.63) is 52.5 Å². The van der Waals surface area contributed by atoms with E-state index in [4.69, 9.17) is 5.73 Å². The van der Waals surface area contributed by atoms with Gasteiger partial charge in [-0.2, -0.15) is 0 Å². The molecule has 1 aromatic carbocycles. The van der Waals surface area contributed by atoms with E-state index in [1.165, 1.54) is 28.4 Å². The van der Waals surface area contributed by atoms with Crippen molar-refractivity contribution in [1.82, 2.24) is 0 Å². The Morgan fingerprint density at radius 2 is 2.17 bits per heavy atom. The highest BCUT2D eigenvalue weighted by Gasteiger charge is 2.18. The summed E-state index contributed by atoms with van der Waals surface area (Å²) in [7, 11) is 0. The van der Waals surface area contributed by atoms with Gasteiger partial charge in [-0.3, -0.25) is 4.79 Å². The number of nitrogens with two attached hydrogens (primary N) is 1. The fraction of sp³-hybridized carbons (Fsp3) is 0.154. The second kappa shape index (κ2) is 5.75. The van der Waals surface area contributed by atoms with Gasteiger partial charge in [-0.15, -0.1) is 11.3 Å². The molecule has 0 atom stereocenters. The Balaban J connectivity index is 2.31. The van der Waals surface area contributed by atoms with Crippen LogP contribution < -0.4 is 10.6 Å². The number of hydrogen-bond donors (Lipinski definition) is 1. The van der Waals surface area contributed by atoms with Crippen LogP contribution in [0.1, 0.15) is 9.67 Å². The van der Waals surface area contributed by atoms with Gasteiger partial charge in [-0.25, -0.2) is 4.39 Å². The lowest BCUT2D eigenvalue weighted by molar-refractivity contribution is 0.0991. The van der Waals surface area contributed by atoms with Crippen molar-refractivity contribution >= 4 is 22.9 Å². The maximum absolute atomic E-state index is 13.2. The number of thiophene rings is 1. The third-order valence-electron chi connectivity index (χ3n) is 2.45. The SMILES string of the molecule is NCCN(C(=O)c1cccs1)c1cccc(F)c1. The van der Waals surface area contributed by atoms with Gasteiger partial charge in [0.1, 0.15) is 5.82 Å². The van der Waals surface area contributed by atoms with Gasteiger partial charge in [0.2, 0.25) is 0 Å². The number of halogens is 1. The van der Waals surface area contributed by atoms with Gasteiger partial charge in [0.25, 0.3) is 5.91 Å². The first-order valence-corrected chi connectivity index (χ1v) is 6.41. The Kier molecular flexibility index (Phi) is 4.07. The Morgan fingerprint density at radius 1 is 1.33 bits per heavy atom. The van der Waals surface area contributed by atoms with Crippen LogP contribution >= 0.6 is 11.3 Å². The third kappa shape index (κ3) is 2.75. The molecule has 1 heterocycles. The zero-order chi connectivity index (χ0) is 13.0. The molecule has 0 aliphatic heterocycles. The molecule has 0 saturated carbocycles. The molecule has 2 aromatic rings. The highest BCUT2D eigenvalue weighted by molar-refractivity contribution is 7.12. The van der Waals surface area contributed by atoms with E-state index in [1.54, 1.807) is 18.2 Å². The van der Waals surface area contributed by atoms with Crippen molar-refractivity contribution in [2.24, 2.45) is 5.73 Å². The molecule has 3 nitrogen and oxygen atoms in total. The van der Waals surface area contributed by atoms with Crippen LogP contribution in [-0.2, 0) is 0 Å².